The molecule has 0 aliphatic rings. The quantitative estimate of drug-likeness (QED) is 0.112. The number of halogens is 8. The first-order chi connectivity index (χ1) is 25.2. The molecule has 0 bridgehead atoms. The Morgan fingerprint density at radius 3 is 1.70 bits per heavy atom. The van der Waals surface area contributed by atoms with Crippen LogP contribution in [0.3, 0.4) is 0 Å². The van der Waals surface area contributed by atoms with Crippen molar-refractivity contribution < 1.29 is 55.2 Å². The van der Waals surface area contributed by atoms with Crippen LogP contribution in [-0.4, -0.2) is 66.9 Å². The first-order valence-corrected chi connectivity index (χ1v) is 15.7. The Morgan fingerprint density at radius 2 is 1.19 bits per heavy atom. The molecule has 2 heterocycles. The monoisotopic (exact) mass is 824 g/mol. The summed E-state index contributed by atoms with van der Waals surface area (Å²) in [5, 5.41) is 16.6. The average molecular weight is 826 g/mol. The van der Waals surface area contributed by atoms with E-state index in [0.29, 0.717) is 16.6 Å². The van der Waals surface area contributed by atoms with Crippen LogP contribution in [0.5, 0.6) is 12.0 Å². The number of carboxylic acids is 1. The minimum absolute atomic E-state index is 0.00217. The van der Waals surface area contributed by atoms with E-state index >= 15 is 0 Å². The molecule has 2 aromatic heterocycles. The molecule has 6 aromatic rings. The number of rotatable bonds is 10. The number of carbonyl (C=O) groups is 2. The molecule has 20 heteroatoms. The first kappa shape index (κ1) is 38.3. The van der Waals surface area contributed by atoms with Crippen LogP contribution in [0.2, 0.25) is 5.02 Å². The van der Waals surface area contributed by atoms with Gasteiger partial charge >= 0.3 is 24.0 Å². The van der Waals surface area contributed by atoms with Gasteiger partial charge in [-0.2, -0.15) is 9.97 Å². The normalized spacial score (nSPS) is 10.7. The Balaban J connectivity index is 0.000000204. The zero-order valence-corrected chi connectivity index (χ0v) is 28.9. The maximum absolute atomic E-state index is 14.4. The number of ether oxygens (including phenoxy) is 3. The lowest BCUT2D eigenvalue weighted by Crippen LogP contribution is -2.13. The van der Waals surface area contributed by atoms with Crippen LogP contribution in [0.4, 0.5) is 26.3 Å². The Morgan fingerprint density at radius 1 is 0.698 bits per heavy atom. The Hall–Kier alpha value is -5.95. The Labute approximate surface area is 307 Å². The molecule has 0 atom stereocenters. The van der Waals surface area contributed by atoms with E-state index < -0.39 is 66.1 Å². The molecule has 0 saturated carbocycles. The van der Waals surface area contributed by atoms with E-state index in [4.69, 9.17) is 26.2 Å². The molecule has 0 unspecified atom stereocenters. The minimum Gasteiger partial charge on any atom is -0.479 e. The lowest BCUT2D eigenvalue weighted by Gasteiger charge is -2.08. The van der Waals surface area contributed by atoms with Gasteiger partial charge in [-0.25, -0.2) is 45.3 Å². The summed E-state index contributed by atoms with van der Waals surface area (Å²) in [6.45, 7) is -1.24. The number of esters is 1. The SMILES string of the molecule is COC(=O)COc1nc(-c2ccc(Br)cc2F)n(-c2ccc(F)cc2F)n1.O=C(O)COc1nc(-c2ccc(F)cc2F)n(-c2ccc(Cl)cc2F)n1. The molecule has 274 valence electrons. The van der Waals surface area contributed by atoms with E-state index in [-0.39, 0.29) is 45.2 Å². The van der Waals surface area contributed by atoms with Gasteiger partial charge in [0.1, 0.15) is 40.5 Å². The Bertz CT molecular complexity index is 2190. The number of benzene rings is 4. The van der Waals surface area contributed by atoms with Crippen molar-refractivity contribution in [3.8, 4) is 46.2 Å². The molecule has 4 aromatic carbocycles. The fourth-order valence-electron chi connectivity index (χ4n) is 4.35. The molecule has 0 radical (unpaired) electrons. The minimum atomic E-state index is -1.28. The second-order valence-corrected chi connectivity index (χ2v) is 11.6. The van der Waals surface area contributed by atoms with Crippen molar-refractivity contribution in [1.29, 1.82) is 0 Å². The molecule has 53 heavy (non-hydrogen) atoms. The summed E-state index contributed by atoms with van der Waals surface area (Å²) in [6, 6.07) is 12.7. The van der Waals surface area contributed by atoms with Gasteiger partial charge in [0.2, 0.25) is 0 Å². The van der Waals surface area contributed by atoms with Crippen LogP contribution < -0.4 is 9.47 Å². The van der Waals surface area contributed by atoms with Gasteiger partial charge in [0.05, 0.1) is 18.2 Å². The zero-order valence-electron chi connectivity index (χ0n) is 26.5. The highest BCUT2D eigenvalue weighted by Crippen LogP contribution is 2.30. The van der Waals surface area contributed by atoms with E-state index in [0.717, 1.165) is 39.7 Å². The van der Waals surface area contributed by atoms with E-state index in [1.54, 1.807) is 6.07 Å². The molecular formula is C33H20BrClF6N6O6. The molecule has 0 aliphatic carbocycles. The summed E-state index contributed by atoms with van der Waals surface area (Å²) in [7, 11) is 1.17. The number of aromatic nitrogens is 6. The van der Waals surface area contributed by atoms with Crippen LogP contribution in [-0.2, 0) is 14.3 Å². The second-order valence-electron chi connectivity index (χ2n) is 10.2. The van der Waals surface area contributed by atoms with Crippen LogP contribution in [0.25, 0.3) is 34.2 Å². The highest BCUT2D eigenvalue weighted by atomic mass is 79.9. The average Bonchev–Trinajstić information content (AvgIpc) is 3.71. The van der Waals surface area contributed by atoms with Gasteiger partial charge < -0.3 is 19.3 Å². The van der Waals surface area contributed by atoms with Crippen molar-refractivity contribution in [1.82, 2.24) is 29.5 Å². The van der Waals surface area contributed by atoms with Crippen LogP contribution in [0.15, 0.2) is 77.3 Å². The predicted molar refractivity (Wildman–Crippen MR) is 177 cm³/mol. The van der Waals surface area contributed by atoms with Crippen molar-refractivity contribution >= 4 is 39.5 Å². The maximum atomic E-state index is 14.4. The summed E-state index contributed by atoms with van der Waals surface area (Å²) in [4.78, 5) is 29.8. The molecule has 0 amide bonds. The van der Waals surface area contributed by atoms with Crippen LogP contribution >= 0.6 is 27.5 Å². The van der Waals surface area contributed by atoms with Gasteiger partial charge in [-0.15, -0.1) is 10.2 Å². The first-order valence-electron chi connectivity index (χ1n) is 14.5. The summed E-state index contributed by atoms with van der Waals surface area (Å²) < 4.78 is 100. The number of carboxylic acid groups (broad SMARTS) is 1. The van der Waals surface area contributed by atoms with Crippen molar-refractivity contribution in [3.05, 3.63) is 117 Å². The third-order valence-electron chi connectivity index (χ3n) is 6.67. The molecule has 1 N–H and O–H groups in total. The van der Waals surface area contributed by atoms with Gasteiger partial charge in [-0.05, 0) is 60.7 Å². The summed E-state index contributed by atoms with van der Waals surface area (Å²) >= 11 is 8.86. The van der Waals surface area contributed by atoms with E-state index in [1.807, 2.05) is 0 Å². The van der Waals surface area contributed by atoms with Gasteiger partial charge in [0.15, 0.2) is 30.7 Å². The summed E-state index contributed by atoms with van der Waals surface area (Å²) in [5.74, 6) is -7.18. The number of hydrogen-bond donors (Lipinski definition) is 1. The van der Waals surface area contributed by atoms with Gasteiger partial charge in [-0.1, -0.05) is 27.5 Å². The maximum Gasteiger partial charge on any atom is 0.344 e. The molecule has 0 saturated heterocycles. The number of nitrogens with zero attached hydrogens (tertiary/aromatic N) is 6. The van der Waals surface area contributed by atoms with E-state index in [1.165, 1.54) is 31.4 Å². The van der Waals surface area contributed by atoms with E-state index in [2.05, 4.69) is 40.8 Å². The summed E-state index contributed by atoms with van der Waals surface area (Å²) in [6.07, 6.45) is 0. The lowest BCUT2D eigenvalue weighted by atomic mass is 10.2. The van der Waals surface area contributed by atoms with Crippen molar-refractivity contribution in [3.63, 3.8) is 0 Å². The fourth-order valence-corrected chi connectivity index (χ4v) is 4.84. The third kappa shape index (κ3) is 9.29. The van der Waals surface area contributed by atoms with Crippen LogP contribution in [0.1, 0.15) is 0 Å². The number of hydrogen-bond acceptors (Lipinski definition) is 9. The molecule has 12 nitrogen and oxygen atoms in total. The van der Waals surface area contributed by atoms with Crippen molar-refractivity contribution in [2.45, 2.75) is 0 Å². The largest absolute Gasteiger partial charge is 0.479 e. The van der Waals surface area contributed by atoms with Gasteiger partial charge in [0.25, 0.3) is 0 Å². The topological polar surface area (TPSA) is 143 Å². The fraction of sp³-hybridized carbons (Fsp3) is 0.0909. The molecule has 0 fully saturated rings. The lowest BCUT2D eigenvalue weighted by molar-refractivity contribution is -0.143. The zero-order chi connectivity index (χ0) is 38.4. The number of aliphatic carboxylic acids is 1. The smallest absolute Gasteiger partial charge is 0.344 e. The molecule has 0 spiro atoms. The highest BCUT2D eigenvalue weighted by molar-refractivity contribution is 9.10. The standard InChI is InChI=1S/C17H11BrF3N3O3.C16H9ClF3N3O3/c1-26-15(25)8-27-17-22-16(11-4-2-9(18)6-12(11)20)24(23-17)14-5-3-10(19)7-13(14)21;17-8-1-4-13(12(20)5-8)23-15(10-3-2-9(18)6-11(10)19)21-16(22-23)26-7-14(24)25/h2-7H,8H2,1H3;1-6H,7H2,(H,24,25). The van der Waals surface area contributed by atoms with Gasteiger partial charge in [-0.3, -0.25) is 0 Å². The van der Waals surface area contributed by atoms with Crippen molar-refractivity contribution in [2.24, 2.45) is 0 Å². The van der Waals surface area contributed by atoms with E-state index in [9.17, 15) is 35.9 Å². The number of methoxy groups -OCH3 is 1. The van der Waals surface area contributed by atoms with Crippen LogP contribution in [0, 0.1) is 34.9 Å². The third-order valence-corrected chi connectivity index (χ3v) is 7.40. The summed E-state index contributed by atoms with van der Waals surface area (Å²) in [5.41, 5.74) is -0.485. The second kappa shape index (κ2) is 16.6. The number of carbonyl (C=O) groups excluding carboxylic acids is 1. The van der Waals surface area contributed by atoms with Crippen molar-refractivity contribution in [2.75, 3.05) is 20.3 Å². The highest BCUT2D eigenvalue weighted by Gasteiger charge is 2.22. The predicted octanol–water partition coefficient (Wildman–Crippen LogP) is 7.13. The Kier molecular flexibility index (Phi) is 12.0. The molecule has 0 aliphatic heterocycles. The van der Waals surface area contributed by atoms with Gasteiger partial charge in [0, 0.05) is 21.6 Å². The molecular weight excluding hydrogens is 806 g/mol. The molecule has 6 rings (SSSR count).